The quantitative estimate of drug-likeness (QED) is 0.471. The van der Waals surface area contributed by atoms with Crippen LogP contribution < -0.4 is 10.0 Å². The number of nitrogens with zero attached hydrogens (tertiary/aromatic N) is 2. The van der Waals surface area contributed by atoms with Gasteiger partial charge in [-0.25, -0.2) is 13.1 Å². The minimum Gasteiger partial charge on any atom is -0.339 e. The molecule has 2 amide bonds. The number of amides is 2. The highest BCUT2D eigenvalue weighted by atomic mass is 32.2. The largest absolute Gasteiger partial charge is 0.339 e. The molecule has 2 aromatic carbocycles. The summed E-state index contributed by atoms with van der Waals surface area (Å²) in [4.78, 5) is 31.1. The number of aromatic nitrogens is 1. The van der Waals surface area contributed by atoms with Gasteiger partial charge in [0.05, 0.1) is 4.90 Å². The molecule has 4 rings (SSSR count). The van der Waals surface area contributed by atoms with Gasteiger partial charge < -0.3 is 10.2 Å². The first-order chi connectivity index (χ1) is 17.2. The molecule has 1 fully saturated rings. The number of aryl methyl sites for hydroxylation is 1. The summed E-state index contributed by atoms with van der Waals surface area (Å²) in [5.74, 6) is -0.308. The van der Waals surface area contributed by atoms with Crippen molar-refractivity contribution in [3.63, 3.8) is 0 Å². The van der Waals surface area contributed by atoms with Gasteiger partial charge in [0.25, 0.3) is 5.91 Å². The second-order valence-corrected chi connectivity index (χ2v) is 10.6. The molecule has 0 aliphatic carbocycles. The van der Waals surface area contributed by atoms with E-state index in [1.54, 1.807) is 60.5 Å². The van der Waals surface area contributed by atoms with Gasteiger partial charge in [0.15, 0.2) is 0 Å². The van der Waals surface area contributed by atoms with Crippen LogP contribution in [0.3, 0.4) is 0 Å². The van der Waals surface area contributed by atoms with E-state index in [4.69, 9.17) is 0 Å². The molecule has 36 heavy (non-hydrogen) atoms. The molecule has 1 aliphatic rings. The lowest BCUT2D eigenvalue weighted by Crippen LogP contribution is -2.47. The summed E-state index contributed by atoms with van der Waals surface area (Å²) in [7, 11) is -3.91. The number of rotatable bonds is 7. The molecule has 2 N–H and O–H groups in total. The van der Waals surface area contributed by atoms with Crippen molar-refractivity contribution in [2.75, 3.05) is 18.4 Å². The lowest BCUT2D eigenvalue weighted by atomic mass is 10.0. The number of hydrogen-bond donors (Lipinski definition) is 2. The second kappa shape index (κ2) is 10.6. The van der Waals surface area contributed by atoms with Crippen LogP contribution in [0.1, 0.15) is 42.2 Å². The first kappa shape index (κ1) is 25.5. The van der Waals surface area contributed by atoms with Gasteiger partial charge in [-0.2, -0.15) is 0 Å². The van der Waals surface area contributed by atoms with Crippen molar-refractivity contribution in [1.29, 1.82) is 0 Å². The van der Waals surface area contributed by atoms with Crippen LogP contribution in [0.2, 0.25) is 0 Å². The molecule has 9 heteroatoms. The topological polar surface area (TPSA) is 108 Å². The number of likely N-dealkylation sites (tertiary alicyclic amines) is 1. The van der Waals surface area contributed by atoms with E-state index in [-0.39, 0.29) is 16.7 Å². The predicted molar refractivity (Wildman–Crippen MR) is 140 cm³/mol. The fourth-order valence-corrected chi connectivity index (χ4v) is 5.92. The van der Waals surface area contributed by atoms with Gasteiger partial charge in [-0.05, 0) is 49.1 Å². The van der Waals surface area contributed by atoms with Gasteiger partial charge in [-0.3, -0.25) is 14.6 Å². The van der Waals surface area contributed by atoms with E-state index >= 15 is 0 Å². The monoisotopic (exact) mass is 506 g/mol. The van der Waals surface area contributed by atoms with Crippen molar-refractivity contribution in [3.8, 4) is 0 Å². The maximum Gasteiger partial charge on any atom is 0.274 e. The zero-order valence-electron chi connectivity index (χ0n) is 20.5. The predicted octanol–water partition coefficient (Wildman–Crippen LogP) is 4.03. The second-order valence-electron chi connectivity index (χ2n) is 8.97. The number of sulfonamides is 1. The Kier molecular flexibility index (Phi) is 7.51. The van der Waals surface area contributed by atoms with Crippen molar-refractivity contribution >= 4 is 38.3 Å². The Labute approximate surface area is 211 Å². The number of hydrogen-bond acceptors (Lipinski definition) is 5. The average molecular weight is 507 g/mol. The highest BCUT2D eigenvalue weighted by Crippen LogP contribution is 2.31. The molecular weight excluding hydrogens is 476 g/mol. The number of nitrogens with one attached hydrogen (secondary N) is 2. The first-order valence-electron chi connectivity index (χ1n) is 11.9. The van der Waals surface area contributed by atoms with E-state index in [0.29, 0.717) is 53.7 Å². The molecule has 0 bridgehead atoms. The molecule has 0 spiro atoms. The average Bonchev–Trinajstić information content (AvgIpc) is 2.85. The molecule has 1 saturated heterocycles. The molecule has 1 atom stereocenters. The number of piperidine rings is 1. The molecule has 2 heterocycles. The van der Waals surface area contributed by atoms with Crippen LogP contribution >= 0.6 is 0 Å². The van der Waals surface area contributed by atoms with Gasteiger partial charge in [0, 0.05) is 48.2 Å². The van der Waals surface area contributed by atoms with E-state index in [0.717, 1.165) is 12.0 Å². The number of benzene rings is 2. The number of pyridine rings is 1. The summed E-state index contributed by atoms with van der Waals surface area (Å²) in [6.45, 7) is 8.61. The number of carbonyl (C=O) groups is 2. The van der Waals surface area contributed by atoms with Crippen LogP contribution in [0, 0.1) is 6.92 Å². The Hall–Kier alpha value is -3.56. The SMILES string of the molecule is C=C1CN(C(=O)CCC)CC[C@@H]1NS(=O)(=O)c1ccc(NC(=O)c2ncccc2C)c2ccccc12. The Morgan fingerprint density at radius 1 is 1.11 bits per heavy atom. The highest BCUT2D eigenvalue weighted by Gasteiger charge is 2.30. The van der Waals surface area contributed by atoms with Crippen LogP contribution in [-0.2, 0) is 14.8 Å². The number of fused-ring (bicyclic) bond motifs is 1. The number of carbonyl (C=O) groups excluding carboxylic acids is 2. The lowest BCUT2D eigenvalue weighted by Gasteiger charge is -2.34. The van der Waals surface area contributed by atoms with Crippen LogP contribution in [0.5, 0.6) is 0 Å². The van der Waals surface area contributed by atoms with E-state index < -0.39 is 16.1 Å². The summed E-state index contributed by atoms with van der Waals surface area (Å²) in [5, 5.41) is 3.95. The van der Waals surface area contributed by atoms with Crippen molar-refractivity contribution in [3.05, 3.63) is 78.1 Å². The maximum atomic E-state index is 13.4. The summed E-state index contributed by atoms with van der Waals surface area (Å²) in [6.07, 6.45) is 3.25. The Morgan fingerprint density at radius 3 is 2.56 bits per heavy atom. The van der Waals surface area contributed by atoms with Crippen molar-refractivity contribution in [2.24, 2.45) is 0 Å². The van der Waals surface area contributed by atoms with Crippen LogP contribution in [0.4, 0.5) is 5.69 Å². The van der Waals surface area contributed by atoms with Gasteiger partial charge in [-0.1, -0.05) is 43.8 Å². The van der Waals surface area contributed by atoms with Gasteiger partial charge in [-0.15, -0.1) is 0 Å². The van der Waals surface area contributed by atoms with Crippen molar-refractivity contribution < 1.29 is 18.0 Å². The van der Waals surface area contributed by atoms with Gasteiger partial charge in [0.1, 0.15) is 5.69 Å². The third-order valence-corrected chi connectivity index (χ3v) is 7.86. The highest BCUT2D eigenvalue weighted by molar-refractivity contribution is 7.89. The van der Waals surface area contributed by atoms with Crippen LogP contribution in [0.15, 0.2) is 71.8 Å². The van der Waals surface area contributed by atoms with E-state index in [1.807, 2.05) is 6.92 Å². The minimum absolute atomic E-state index is 0.0597. The molecule has 0 radical (unpaired) electrons. The normalized spacial score (nSPS) is 16.2. The minimum atomic E-state index is -3.91. The van der Waals surface area contributed by atoms with E-state index in [9.17, 15) is 18.0 Å². The molecular formula is C27H30N4O4S. The summed E-state index contributed by atoms with van der Waals surface area (Å²) in [5.41, 5.74) is 2.20. The van der Waals surface area contributed by atoms with E-state index in [2.05, 4.69) is 21.6 Å². The van der Waals surface area contributed by atoms with Crippen LogP contribution in [-0.4, -0.2) is 49.2 Å². The summed E-state index contributed by atoms with van der Waals surface area (Å²) in [6, 6.07) is 13.2. The van der Waals surface area contributed by atoms with Gasteiger partial charge >= 0.3 is 0 Å². The molecule has 1 aliphatic heterocycles. The zero-order valence-corrected chi connectivity index (χ0v) is 21.3. The Balaban J connectivity index is 1.58. The third-order valence-electron chi connectivity index (χ3n) is 6.33. The first-order valence-corrected chi connectivity index (χ1v) is 13.4. The summed E-state index contributed by atoms with van der Waals surface area (Å²) < 4.78 is 29.7. The zero-order chi connectivity index (χ0) is 25.9. The maximum absolute atomic E-state index is 13.4. The summed E-state index contributed by atoms with van der Waals surface area (Å²) >= 11 is 0. The third kappa shape index (κ3) is 5.32. The van der Waals surface area contributed by atoms with Crippen molar-refractivity contribution in [2.45, 2.75) is 44.0 Å². The standard InChI is InChI=1S/C27H30N4O4S/c1-4-8-25(32)31-16-14-22(19(3)17-31)30-36(34,35)24-13-12-23(20-10-5-6-11-21(20)24)29-27(33)26-18(2)9-7-15-28-26/h5-7,9-13,15,22,30H,3-4,8,14,16-17H2,1-2H3,(H,29,33)/t22-/m0/s1. The van der Waals surface area contributed by atoms with E-state index in [1.165, 1.54) is 6.07 Å². The van der Waals surface area contributed by atoms with Crippen molar-refractivity contribution in [1.82, 2.24) is 14.6 Å². The molecule has 0 saturated carbocycles. The lowest BCUT2D eigenvalue weighted by molar-refractivity contribution is -0.131. The smallest absolute Gasteiger partial charge is 0.274 e. The Morgan fingerprint density at radius 2 is 1.86 bits per heavy atom. The molecule has 8 nitrogen and oxygen atoms in total. The Bertz CT molecular complexity index is 1430. The fourth-order valence-electron chi connectivity index (χ4n) is 4.42. The fraction of sp³-hybridized carbons (Fsp3) is 0.296. The molecule has 1 aromatic heterocycles. The molecule has 3 aromatic rings. The molecule has 0 unspecified atom stereocenters. The van der Waals surface area contributed by atoms with Gasteiger partial charge in [0.2, 0.25) is 15.9 Å². The molecule has 188 valence electrons. The van der Waals surface area contributed by atoms with Crippen LogP contribution in [0.25, 0.3) is 10.8 Å². The number of anilines is 1.